The maximum absolute atomic E-state index is 4.89. The molecule has 0 aliphatic heterocycles. The molecule has 1 aliphatic carbocycles. The molecule has 0 bridgehead atoms. The number of rotatable bonds is 1. The summed E-state index contributed by atoms with van der Waals surface area (Å²) in [5.74, 6) is 0. The average molecular weight is 353 g/mol. The van der Waals surface area contributed by atoms with E-state index in [0.717, 1.165) is 29.4 Å². The van der Waals surface area contributed by atoms with Crippen molar-refractivity contribution in [2.45, 2.75) is 26.2 Å². The molecule has 0 unspecified atom stereocenters. The van der Waals surface area contributed by atoms with E-state index in [9.17, 15) is 0 Å². The van der Waals surface area contributed by atoms with Crippen molar-refractivity contribution in [1.29, 1.82) is 0 Å². The van der Waals surface area contributed by atoms with Crippen molar-refractivity contribution < 1.29 is 0 Å². The van der Waals surface area contributed by atoms with Crippen molar-refractivity contribution in [3.05, 3.63) is 63.8 Å². The summed E-state index contributed by atoms with van der Waals surface area (Å²) in [4.78, 5) is 8.47. The molecule has 0 amide bonds. The first-order chi connectivity index (χ1) is 10.7. The zero-order chi connectivity index (χ0) is 15.1. The molecule has 0 spiro atoms. The number of aryl methyl sites for hydroxylation is 2. The molecule has 1 heterocycles. The molecule has 2 nitrogen and oxygen atoms in total. The van der Waals surface area contributed by atoms with Crippen LogP contribution < -0.4 is 0 Å². The van der Waals surface area contributed by atoms with Crippen LogP contribution in [-0.2, 0) is 6.42 Å². The summed E-state index contributed by atoms with van der Waals surface area (Å²) >= 11 is 3.58. The number of hydrogen-bond donors (Lipinski definition) is 1. The van der Waals surface area contributed by atoms with Gasteiger partial charge in [-0.25, -0.2) is 0 Å². The summed E-state index contributed by atoms with van der Waals surface area (Å²) in [6.45, 7) is 2.10. The second-order valence-corrected chi connectivity index (χ2v) is 6.83. The number of nitrogens with zero attached hydrogens (tertiary/aromatic N) is 1. The molecule has 110 valence electrons. The highest BCUT2D eigenvalue weighted by Gasteiger charge is 2.20. The van der Waals surface area contributed by atoms with Gasteiger partial charge in [0, 0.05) is 15.4 Å². The lowest BCUT2D eigenvalue weighted by atomic mass is 9.94. The van der Waals surface area contributed by atoms with Crippen LogP contribution >= 0.6 is 15.9 Å². The predicted molar refractivity (Wildman–Crippen MR) is 96.3 cm³/mol. The smallest absolute Gasteiger partial charge is 0.0648 e. The van der Waals surface area contributed by atoms with Gasteiger partial charge in [-0.3, -0.25) is 4.99 Å². The SMILES string of the molecule is Cc1ccc(N=C2CCCc3c2[nH]c2ccc(Br)cc32)cc1. The van der Waals surface area contributed by atoms with Gasteiger partial charge in [0.15, 0.2) is 0 Å². The Hall–Kier alpha value is -1.87. The Kier molecular flexibility index (Phi) is 3.38. The van der Waals surface area contributed by atoms with Crippen LogP contribution in [0.4, 0.5) is 5.69 Å². The van der Waals surface area contributed by atoms with Gasteiger partial charge in [0.1, 0.15) is 0 Å². The molecule has 0 saturated carbocycles. The van der Waals surface area contributed by atoms with Crippen molar-refractivity contribution in [2.75, 3.05) is 0 Å². The molecule has 3 aromatic rings. The number of aromatic amines is 1. The van der Waals surface area contributed by atoms with E-state index in [1.807, 2.05) is 0 Å². The van der Waals surface area contributed by atoms with Crippen molar-refractivity contribution in [2.24, 2.45) is 4.99 Å². The Morgan fingerprint density at radius 2 is 1.86 bits per heavy atom. The van der Waals surface area contributed by atoms with Gasteiger partial charge in [0.25, 0.3) is 0 Å². The normalized spacial score (nSPS) is 16.2. The fraction of sp³-hybridized carbons (Fsp3) is 0.211. The third-order valence-corrected chi connectivity index (χ3v) is 4.79. The molecule has 0 radical (unpaired) electrons. The number of fused-ring (bicyclic) bond motifs is 3. The van der Waals surface area contributed by atoms with Crippen molar-refractivity contribution in [1.82, 2.24) is 4.98 Å². The number of aliphatic imine (C=N–C) groups is 1. The monoisotopic (exact) mass is 352 g/mol. The average Bonchev–Trinajstić information content (AvgIpc) is 2.89. The molecule has 1 N–H and O–H groups in total. The third-order valence-electron chi connectivity index (χ3n) is 4.30. The number of nitrogens with one attached hydrogen (secondary N) is 1. The van der Waals surface area contributed by atoms with E-state index in [1.54, 1.807) is 0 Å². The van der Waals surface area contributed by atoms with E-state index in [4.69, 9.17) is 4.99 Å². The second kappa shape index (κ2) is 5.40. The quantitative estimate of drug-likeness (QED) is 0.582. The third kappa shape index (κ3) is 2.40. The summed E-state index contributed by atoms with van der Waals surface area (Å²) < 4.78 is 1.13. The number of hydrogen-bond acceptors (Lipinski definition) is 1. The highest BCUT2D eigenvalue weighted by Crippen LogP contribution is 2.32. The molecule has 4 rings (SSSR count). The molecule has 2 aromatic carbocycles. The number of H-pyrrole nitrogens is 1. The van der Waals surface area contributed by atoms with Gasteiger partial charge in [-0.2, -0.15) is 0 Å². The van der Waals surface area contributed by atoms with Crippen LogP contribution in [0.5, 0.6) is 0 Å². The maximum Gasteiger partial charge on any atom is 0.0648 e. The molecule has 0 saturated heterocycles. The van der Waals surface area contributed by atoms with Gasteiger partial charge in [-0.05, 0) is 62.1 Å². The molecule has 1 aliphatic rings. The van der Waals surface area contributed by atoms with Gasteiger partial charge < -0.3 is 4.98 Å². The van der Waals surface area contributed by atoms with Crippen LogP contribution in [0.2, 0.25) is 0 Å². The fourth-order valence-corrected chi connectivity index (χ4v) is 3.53. The van der Waals surface area contributed by atoms with Gasteiger partial charge in [-0.1, -0.05) is 33.6 Å². The summed E-state index contributed by atoms with van der Waals surface area (Å²) in [6, 6.07) is 14.9. The van der Waals surface area contributed by atoms with Crippen molar-refractivity contribution in [3.8, 4) is 0 Å². The topological polar surface area (TPSA) is 28.1 Å². The fourth-order valence-electron chi connectivity index (χ4n) is 3.17. The summed E-state index contributed by atoms with van der Waals surface area (Å²) in [7, 11) is 0. The number of benzene rings is 2. The predicted octanol–water partition coefficient (Wildman–Crippen LogP) is 5.70. The lowest BCUT2D eigenvalue weighted by molar-refractivity contribution is 0.841. The Morgan fingerprint density at radius 1 is 1.05 bits per heavy atom. The molecule has 1 aromatic heterocycles. The first-order valence-corrected chi connectivity index (χ1v) is 8.45. The minimum Gasteiger partial charge on any atom is -0.353 e. The Labute approximate surface area is 138 Å². The molecule has 0 atom stereocenters. The largest absolute Gasteiger partial charge is 0.353 e. The molecular formula is C19H17BrN2. The lowest BCUT2D eigenvalue weighted by Gasteiger charge is -2.14. The highest BCUT2D eigenvalue weighted by molar-refractivity contribution is 9.10. The minimum absolute atomic E-state index is 1.04. The Morgan fingerprint density at radius 3 is 2.68 bits per heavy atom. The van der Waals surface area contributed by atoms with Crippen LogP contribution in [0, 0.1) is 6.92 Å². The molecule has 22 heavy (non-hydrogen) atoms. The van der Waals surface area contributed by atoms with Crippen LogP contribution in [0.1, 0.15) is 29.7 Å². The van der Waals surface area contributed by atoms with E-state index >= 15 is 0 Å². The minimum atomic E-state index is 1.04. The van der Waals surface area contributed by atoms with Crippen LogP contribution in [0.15, 0.2) is 51.9 Å². The van der Waals surface area contributed by atoms with Crippen molar-refractivity contribution in [3.63, 3.8) is 0 Å². The first-order valence-electron chi connectivity index (χ1n) is 7.65. The second-order valence-electron chi connectivity index (χ2n) is 5.92. The van der Waals surface area contributed by atoms with E-state index < -0.39 is 0 Å². The number of halogens is 1. The van der Waals surface area contributed by atoms with E-state index in [0.29, 0.717) is 0 Å². The zero-order valence-corrected chi connectivity index (χ0v) is 14.1. The Bertz CT molecular complexity index is 872. The standard InChI is InChI=1S/C19H17BrN2/c1-12-5-8-14(9-6-12)21-18-4-2-3-15-16-11-13(20)7-10-17(16)22-19(15)18/h5-11,22H,2-4H2,1H3. The summed E-state index contributed by atoms with van der Waals surface area (Å²) in [5.41, 5.74) is 7.31. The highest BCUT2D eigenvalue weighted by atomic mass is 79.9. The number of aromatic nitrogens is 1. The summed E-state index contributed by atoms with van der Waals surface area (Å²) in [6.07, 6.45) is 3.32. The van der Waals surface area contributed by atoms with Gasteiger partial charge in [0.05, 0.1) is 17.1 Å². The molecular weight excluding hydrogens is 336 g/mol. The van der Waals surface area contributed by atoms with E-state index in [1.165, 1.54) is 33.4 Å². The van der Waals surface area contributed by atoms with Gasteiger partial charge in [-0.15, -0.1) is 0 Å². The first kappa shape index (κ1) is 13.8. The van der Waals surface area contributed by atoms with Gasteiger partial charge in [0.2, 0.25) is 0 Å². The maximum atomic E-state index is 4.89. The van der Waals surface area contributed by atoms with Gasteiger partial charge >= 0.3 is 0 Å². The molecule has 0 fully saturated rings. The van der Waals surface area contributed by atoms with Crippen LogP contribution in [-0.4, -0.2) is 10.7 Å². The van der Waals surface area contributed by atoms with Crippen LogP contribution in [0.3, 0.4) is 0 Å². The van der Waals surface area contributed by atoms with E-state index in [-0.39, 0.29) is 0 Å². The lowest BCUT2D eigenvalue weighted by Crippen LogP contribution is -2.10. The van der Waals surface area contributed by atoms with Crippen LogP contribution in [0.25, 0.3) is 10.9 Å². The Balaban J connectivity index is 1.85. The van der Waals surface area contributed by atoms with Crippen molar-refractivity contribution >= 4 is 38.2 Å². The van der Waals surface area contributed by atoms with E-state index in [2.05, 4.69) is 70.3 Å². The summed E-state index contributed by atoms with van der Waals surface area (Å²) in [5, 5.41) is 1.32. The zero-order valence-electron chi connectivity index (χ0n) is 12.5. The molecule has 3 heteroatoms.